The minimum Gasteiger partial charge on any atom is -0.387 e. The van der Waals surface area contributed by atoms with E-state index in [4.69, 9.17) is 0 Å². The third-order valence-corrected chi connectivity index (χ3v) is 4.13. The Balaban J connectivity index is 2.06. The maximum atomic E-state index is 11.8. The number of hydrogen-bond donors (Lipinski definition) is 3. The normalized spacial score (nSPS) is 13.4. The number of imidazole rings is 1. The number of aliphatic hydroxyl groups is 1. The summed E-state index contributed by atoms with van der Waals surface area (Å²) in [5.74, 6) is 0. The summed E-state index contributed by atoms with van der Waals surface area (Å²) in [6.45, 7) is 1.77. The van der Waals surface area contributed by atoms with E-state index in [2.05, 4.69) is 14.7 Å². The third kappa shape index (κ3) is 3.19. The molecule has 19 heavy (non-hydrogen) atoms. The number of aliphatic hydroxyl groups excluding tert-OH is 1. The van der Waals surface area contributed by atoms with E-state index in [1.54, 1.807) is 12.1 Å². The van der Waals surface area contributed by atoms with Crippen molar-refractivity contribution in [1.29, 1.82) is 0 Å². The fourth-order valence-corrected chi connectivity index (χ4v) is 2.67. The quantitative estimate of drug-likeness (QED) is 0.753. The molecule has 3 N–H and O–H groups in total. The zero-order chi connectivity index (χ0) is 13.9. The molecule has 1 unspecified atom stereocenters. The Bertz CT molecular complexity index is 638. The molecule has 7 heteroatoms. The van der Waals surface area contributed by atoms with Crippen molar-refractivity contribution >= 4 is 10.0 Å². The van der Waals surface area contributed by atoms with Gasteiger partial charge in [0.2, 0.25) is 0 Å². The summed E-state index contributed by atoms with van der Waals surface area (Å²) in [6.07, 6.45) is 1.60. The Morgan fingerprint density at radius 1 is 1.42 bits per heavy atom. The molecule has 0 saturated carbocycles. The Labute approximate surface area is 111 Å². The number of sulfonamides is 1. The smallest absolute Gasteiger partial charge is 0.257 e. The molecule has 6 nitrogen and oxygen atoms in total. The SMILES string of the molecule is Cc1ccccc1C(O)CNS(=O)(=O)c1cnc[nH]1. The molecule has 2 aromatic rings. The van der Waals surface area contributed by atoms with Gasteiger partial charge in [-0.3, -0.25) is 0 Å². The van der Waals surface area contributed by atoms with Crippen LogP contribution in [0.1, 0.15) is 17.2 Å². The first kappa shape index (κ1) is 13.7. The van der Waals surface area contributed by atoms with E-state index in [0.29, 0.717) is 5.56 Å². The number of aromatic amines is 1. The average Bonchev–Trinajstić information content (AvgIpc) is 2.91. The van der Waals surface area contributed by atoms with Crippen molar-refractivity contribution in [2.45, 2.75) is 18.1 Å². The highest BCUT2D eigenvalue weighted by atomic mass is 32.2. The van der Waals surface area contributed by atoms with Crippen molar-refractivity contribution in [2.24, 2.45) is 0 Å². The van der Waals surface area contributed by atoms with Crippen LogP contribution in [0.5, 0.6) is 0 Å². The van der Waals surface area contributed by atoms with Crippen LogP contribution in [0.25, 0.3) is 0 Å². The predicted octanol–water partition coefficient (Wildman–Crippen LogP) is 0.730. The number of nitrogens with zero attached hydrogens (tertiary/aromatic N) is 1. The monoisotopic (exact) mass is 281 g/mol. The number of aromatic nitrogens is 2. The van der Waals surface area contributed by atoms with Crippen molar-refractivity contribution in [3.8, 4) is 0 Å². The molecule has 0 saturated heterocycles. The van der Waals surface area contributed by atoms with Crippen LogP contribution in [0, 0.1) is 6.92 Å². The van der Waals surface area contributed by atoms with E-state index >= 15 is 0 Å². The molecule has 1 aromatic carbocycles. The van der Waals surface area contributed by atoms with E-state index in [1.807, 2.05) is 19.1 Å². The van der Waals surface area contributed by atoms with Crippen molar-refractivity contribution in [2.75, 3.05) is 6.54 Å². The minimum atomic E-state index is -3.66. The lowest BCUT2D eigenvalue weighted by atomic mass is 10.0. The number of nitrogens with one attached hydrogen (secondary N) is 2. The molecule has 1 atom stereocenters. The van der Waals surface area contributed by atoms with E-state index in [1.165, 1.54) is 12.5 Å². The Morgan fingerprint density at radius 2 is 2.16 bits per heavy atom. The van der Waals surface area contributed by atoms with Crippen molar-refractivity contribution in [1.82, 2.24) is 14.7 Å². The van der Waals surface area contributed by atoms with Gasteiger partial charge in [-0.25, -0.2) is 18.1 Å². The zero-order valence-corrected chi connectivity index (χ0v) is 11.2. The fourth-order valence-electron chi connectivity index (χ4n) is 1.73. The lowest BCUT2D eigenvalue weighted by Crippen LogP contribution is -2.29. The van der Waals surface area contributed by atoms with Crippen LogP contribution in [0.4, 0.5) is 0 Å². The van der Waals surface area contributed by atoms with Crippen LogP contribution in [0.3, 0.4) is 0 Å². The maximum absolute atomic E-state index is 11.8. The summed E-state index contributed by atoms with van der Waals surface area (Å²) < 4.78 is 26.0. The number of H-pyrrole nitrogens is 1. The van der Waals surface area contributed by atoms with E-state index in [0.717, 1.165) is 5.56 Å². The second kappa shape index (κ2) is 5.52. The molecule has 0 fully saturated rings. The molecular formula is C12H15N3O3S. The third-order valence-electron chi connectivity index (χ3n) is 2.78. The van der Waals surface area contributed by atoms with Crippen LogP contribution in [0.2, 0.25) is 0 Å². The Kier molecular flexibility index (Phi) is 3.98. The molecule has 0 bridgehead atoms. The van der Waals surface area contributed by atoms with Gasteiger partial charge >= 0.3 is 0 Å². The largest absolute Gasteiger partial charge is 0.387 e. The van der Waals surface area contributed by atoms with E-state index < -0.39 is 16.1 Å². The lowest BCUT2D eigenvalue weighted by Gasteiger charge is -2.14. The highest BCUT2D eigenvalue weighted by Gasteiger charge is 2.18. The van der Waals surface area contributed by atoms with Gasteiger partial charge in [-0.15, -0.1) is 0 Å². The van der Waals surface area contributed by atoms with Gasteiger partial charge in [0.1, 0.15) is 0 Å². The number of aryl methyl sites for hydroxylation is 1. The molecule has 0 aliphatic heterocycles. The van der Waals surface area contributed by atoms with Gasteiger partial charge in [-0.2, -0.15) is 0 Å². The molecule has 1 heterocycles. The maximum Gasteiger partial charge on any atom is 0.257 e. The van der Waals surface area contributed by atoms with E-state index in [-0.39, 0.29) is 11.6 Å². The van der Waals surface area contributed by atoms with Gasteiger partial charge in [0, 0.05) is 6.54 Å². The standard InChI is InChI=1S/C12H15N3O3S/c1-9-4-2-3-5-10(9)11(16)6-15-19(17,18)12-7-13-8-14-12/h2-5,7-8,11,15-16H,6H2,1H3,(H,13,14). The zero-order valence-electron chi connectivity index (χ0n) is 10.4. The van der Waals surface area contributed by atoms with Gasteiger partial charge in [-0.05, 0) is 18.1 Å². The molecule has 0 amide bonds. The van der Waals surface area contributed by atoms with Crippen LogP contribution in [-0.4, -0.2) is 30.0 Å². The Hall–Kier alpha value is -1.70. The van der Waals surface area contributed by atoms with Gasteiger partial charge in [0.05, 0.1) is 18.6 Å². The molecule has 102 valence electrons. The van der Waals surface area contributed by atoms with Crippen molar-refractivity contribution < 1.29 is 13.5 Å². The van der Waals surface area contributed by atoms with Crippen molar-refractivity contribution in [3.63, 3.8) is 0 Å². The first-order valence-corrected chi connectivity index (χ1v) is 7.20. The Morgan fingerprint density at radius 3 is 2.79 bits per heavy atom. The summed E-state index contributed by atoms with van der Waals surface area (Å²) in [4.78, 5) is 6.16. The first-order valence-electron chi connectivity index (χ1n) is 5.72. The summed E-state index contributed by atoms with van der Waals surface area (Å²) >= 11 is 0. The predicted molar refractivity (Wildman–Crippen MR) is 69.9 cm³/mol. The van der Waals surface area contributed by atoms with Crippen LogP contribution in [-0.2, 0) is 10.0 Å². The molecule has 0 aliphatic carbocycles. The second-order valence-corrected chi connectivity index (χ2v) is 5.88. The van der Waals surface area contributed by atoms with Crippen molar-refractivity contribution in [3.05, 3.63) is 47.9 Å². The number of hydrogen-bond acceptors (Lipinski definition) is 4. The summed E-state index contributed by atoms with van der Waals surface area (Å²) in [5.41, 5.74) is 1.62. The van der Waals surface area contributed by atoms with Gasteiger partial charge in [0.25, 0.3) is 10.0 Å². The molecule has 0 aliphatic rings. The molecule has 1 aromatic heterocycles. The van der Waals surface area contributed by atoms with Crippen LogP contribution < -0.4 is 4.72 Å². The van der Waals surface area contributed by atoms with Gasteiger partial charge in [0.15, 0.2) is 5.03 Å². The number of benzene rings is 1. The molecule has 0 radical (unpaired) electrons. The summed E-state index contributed by atoms with van der Waals surface area (Å²) in [7, 11) is -3.66. The highest BCUT2D eigenvalue weighted by Crippen LogP contribution is 2.16. The van der Waals surface area contributed by atoms with E-state index in [9.17, 15) is 13.5 Å². The van der Waals surface area contributed by atoms with Crippen LogP contribution in [0.15, 0.2) is 41.8 Å². The minimum absolute atomic E-state index is 0.0236. The molecular weight excluding hydrogens is 266 g/mol. The molecule has 0 spiro atoms. The first-order chi connectivity index (χ1) is 9.00. The van der Waals surface area contributed by atoms with Gasteiger partial charge in [-0.1, -0.05) is 24.3 Å². The van der Waals surface area contributed by atoms with Gasteiger partial charge < -0.3 is 10.1 Å². The summed E-state index contributed by atoms with van der Waals surface area (Å²) in [5, 5.41) is 9.99. The summed E-state index contributed by atoms with van der Waals surface area (Å²) in [6, 6.07) is 7.29. The van der Waals surface area contributed by atoms with Crippen LogP contribution >= 0.6 is 0 Å². The molecule has 2 rings (SSSR count). The number of rotatable bonds is 5. The fraction of sp³-hybridized carbons (Fsp3) is 0.250. The topological polar surface area (TPSA) is 95.1 Å². The lowest BCUT2D eigenvalue weighted by molar-refractivity contribution is 0.181. The second-order valence-electron chi connectivity index (χ2n) is 4.14. The highest BCUT2D eigenvalue weighted by molar-refractivity contribution is 7.89. The average molecular weight is 281 g/mol.